The Kier molecular flexibility index (Phi) is 14.6. The van der Waals surface area contributed by atoms with Crippen LogP contribution in [0.5, 0.6) is 0 Å². The van der Waals surface area contributed by atoms with Crippen molar-refractivity contribution < 1.29 is 38.2 Å². The lowest BCUT2D eigenvalue weighted by atomic mass is 10.1. The van der Waals surface area contributed by atoms with Crippen LogP contribution in [0.4, 0.5) is 11.4 Å². The number of hydrogen-bond acceptors (Lipinski definition) is 9. The van der Waals surface area contributed by atoms with Gasteiger partial charge in [-0.15, -0.1) is 0 Å². The van der Waals surface area contributed by atoms with Gasteiger partial charge in [-0.25, -0.2) is 4.98 Å². The summed E-state index contributed by atoms with van der Waals surface area (Å²) in [5.74, 6) is -2.99. The summed E-state index contributed by atoms with van der Waals surface area (Å²) in [5, 5.41) is 17.7. The minimum absolute atomic E-state index is 0.0681. The van der Waals surface area contributed by atoms with Gasteiger partial charge < -0.3 is 29.8 Å². The first kappa shape index (κ1) is 44.5. The Morgan fingerprint density at radius 3 is 2.05 bits per heavy atom. The number of ether oxygens (including phenoxy) is 1. The average Bonchev–Trinajstić information content (AvgIpc) is 3.68. The molecule has 0 saturated carbocycles. The van der Waals surface area contributed by atoms with Crippen LogP contribution in [0.2, 0.25) is 10.0 Å². The summed E-state index contributed by atoms with van der Waals surface area (Å²) in [6.45, 7) is 4.22. The smallest absolute Gasteiger partial charge is 0.308 e. The van der Waals surface area contributed by atoms with E-state index in [-0.39, 0.29) is 52.7 Å². The number of aliphatic hydroxyl groups is 1. The van der Waals surface area contributed by atoms with E-state index in [0.717, 1.165) is 11.1 Å². The summed E-state index contributed by atoms with van der Waals surface area (Å²) in [7, 11) is 0. The van der Waals surface area contributed by atoms with Crippen molar-refractivity contribution in [1.29, 1.82) is 0 Å². The number of carbonyl (C=O) groups is 5. The Morgan fingerprint density at radius 1 is 0.836 bits per heavy atom. The molecule has 4 aromatic carbocycles. The molecule has 15 heteroatoms. The minimum Gasteiger partial charge on any atom is -0.460 e. The number of rotatable bonds is 15. The van der Waals surface area contributed by atoms with Crippen LogP contribution in [0.1, 0.15) is 63.2 Å². The second-order valence-electron chi connectivity index (χ2n) is 15.6. The van der Waals surface area contributed by atoms with Crippen LogP contribution in [-0.4, -0.2) is 70.5 Å². The van der Waals surface area contributed by atoms with Gasteiger partial charge in [0.1, 0.15) is 18.2 Å². The number of nitrogens with one attached hydrogen (secondary N) is 2. The molecule has 0 spiro atoms. The van der Waals surface area contributed by atoms with E-state index in [1.165, 1.54) is 16.0 Å². The zero-order valence-corrected chi connectivity index (χ0v) is 35.5. The van der Waals surface area contributed by atoms with Crippen molar-refractivity contribution in [3.8, 4) is 11.3 Å². The predicted molar refractivity (Wildman–Crippen MR) is 232 cm³/mol. The molecule has 6 rings (SSSR count). The average molecular weight is 869 g/mol. The van der Waals surface area contributed by atoms with Gasteiger partial charge >= 0.3 is 5.97 Å². The second kappa shape index (κ2) is 20.0. The van der Waals surface area contributed by atoms with Crippen LogP contribution >= 0.6 is 23.2 Å². The van der Waals surface area contributed by atoms with E-state index < -0.39 is 60.4 Å². The fourth-order valence-corrected chi connectivity index (χ4v) is 7.52. The van der Waals surface area contributed by atoms with Crippen molar-refractivity contribution in [2.45, 2.75) is 76.7 Å². The highest BCUT2D eigenvalue weighted by molar-refractivity contribution is 6.39. The summed E-state index contributed by atoms with van der Waals surface area (Å²) in [6, 6.07) is 27.9. The molecule has 4 amide bonds. The molecule has 318 valence electrons. The number of amides is 4. The molecule has 5 aromatic rings. The number of aryl methyl sites for hydroxylation is 2. The van der Waals surface area contributed by atoms with Crippen molar-refractivity contribution in [2.75, 3.05) is 22.9 Å². The lowest BCUT2D eigenvalue weighted by Gasteiger charge is -2.28. The second-order valence-corrected chi connectivity index (χ2v) is 16.4. The van der Waals surface area contributed by atoms with Crippen LogP contribution in [0.25, 0.3) is 11.3 Å². The van der Waals surface area contributed by atoms with Crippen molar-refractivity contribution in [3.05, 3.63) is 136 Å². The summed E-state index contributed by atoms with van der Waals surface area (Å²) in [4.78, 5) is 76.3. The highest BCUT2D eigenvalue weighted by Gasteiger charge is 2.39. The van der Waals surface area contributed by atoms with Gasteiger partial charge in [0, 0.05) is 12.8 Å². The summed E-state index contributed by atoms with van der Waals surface area (Å²) in [5.41, 5.74) is 1.94. The van der Waals surface area contributed by atoms with Crippen LogP contribution < -0.4 is 20.4 Å². The van der Waals surface area contributed by atoms with Gasteiger partial charge in [0.2, 0.25) is 23.6 Å². The minimum atomic E-state index is -1.69. The van der Waals surface area contributed by atoms with Crippen LogP contribution in [0.15, 0.2) is 114 Å². The first-order valence-electron chi connectivity index (χ1n) is 19.8. The molecule has 0 bridgehead atoms. The molecule has 61 heavy (non-hydrogen) atoms. The van der Waals surface area contributed by atoms with E-state index in [0.29, 0.717) is 24.1 Å². The van der Waals surface area contributed by atoms with Crippen LogP contribution in [0.3, 0.4) is 0 Å². The number of esters is 1. The normalized spacial score (nSPS) is 15.0. The molecule has 1 aliphatic heterocycles. The van der Waals surface area contributed by atoms with E-state index >= 15 is 0 Å². The van der Waals surface area contributed by atoms with Gasteiger partial charge in [0.15, 0.2) is 11.9 Å². The molecule has 2 heterocycles. The first-order valence-corrected chi connectivity index (χ1v) is 20.6. The van der Waals surface area contributed by atoms with E-state index in [1.54, 1.807) is 63.2 Å². The fourth-order valence-electron chi connectivity index (χ4n) is 6.94. The SMILES string of the molecule is CC(C)(C)OC(=O)C[C@H](NC(=O)CN1C(=O)[C@@H](NC(=O)CCc2ccccc2)CN(C(=O)CCc2ccccc2)c2ccccc21)C(O)c1ncc(-c2c(Cl)cccc2Cl)o1. The number of anilines is 2. The number of hydrogen-bond donors (Lipinski definition) is 3. The number of para-hydroxylation sites is 2. The molecular formula is C46H47Cl2N5O8. The molecule has 3 atom stereocenters. The lowest BCUT2D eigenvalue weighted by Crippen LogP contribution is -2.55. The maximum atomic E-state index is 14.6. The topological polar surface area (TPSA) is 171 Å². The molecule has 1 aromatic heterocycles. The van der Waals surface area contributed by atoms with Crippen molar-refractivity contribution >= 4 is 64.2 Å². The zero-order chi connectivity index (χ0) is 43.7. The highest BCUT2D eigenvalue weighted by atomic mass is 35.5. The molecular weight excluding hydrogens is 821 g/mol. The van der Waals surface area contributed by atoms with Crippen molar-refractivity contribution in [2.24, 2.45) is 0 Å². The lowest BCUT2D eigenvalue weighted by molar-refractivity contribution is -0.156. The molecule has 0 fully saturated rings. The van der Waals surface area contributed by atoms with Crippen LogP contribution in [-0.2, 0) is 41.6 Å². The highest BCUT2D eigenvalue weighted by Crippen LogP contribution is 2.37. The number of fused-ring (bicyclic) bond motifs is 1. The zero-order valence-electron chi connectivity index (χ0n) is 34.0. The van der Waals surface area contributed by atoms with Gasteiger partial charge in [-0.3, -0.25) is 28.9 Å². The number of nitrogens with zero attached hydrogens (tertiary/aromatic N) is 3. The molecule has 0 saturated heterocycles. The van der Waals surface area contributed by atoms with E-state index in [4.69, 9.17) is 32.4 Å². The Hall–Kier alpha value is -6.02. The molecule has 1 aliphatic rings. The largest absolute Gasteiger partial charge is 0.460 e. The first-order chi connectivity index (χ1) is 29.2. The van der Waals surface area contributed by atoms with E-state index in [1.807, 2.05) is 60.7 Å². The summed E-state index contributed by atoms with van der Waals surface area (Å²) in [6.07, 6.45) is 0.141. The monoisotopic (exact) mass is 867 g/mol. The van der Waals surface area contributed by atoms with Crippen molar-refractivity contribution in [1.82, 2.24) is 15.6 Å². The van der Waals surface area contributed by atoms with Gasteiger partial charge in [0.05, 0.1) is 52.2 Å². The van der Waals surface area contributed by atoms with E-state index in [2.05, 4.69) is 15.6 Å². The molecule has 1 unspecified atom stereocenters. The standard InChI is InChI=1S/C46H47Cl2N5O8/c1-46(2,3)61-41(57)25-33(43(58)44-49-26-37(60-44)42-31(47)17-12-18-32(42)48)50-39(55)28-53-36-20-11-10-19-35(36)52(40(56)24-22-30-15-8-5-9-16-30)27-34(45(53)59)51-38(54)23-21-29-13-6-4-7-14-29/h4-20,26,33-34,43,58H,21-25,27-28H2,1-3H3,(H,50,55)(H,51,54)/t33-,34-,43?/m0/s1. The van der Waals surface area contributed by atoms with Gasteiger partial charge in [-0.05, 0) is 69.0 Å². The Balaban J connectivity index is 1.28. The van der Waals surface area contributed by atoms with Gasteiger partial charge in [-0.2, -0.15) is 0 Å². The predicted octanol–water partition coefficient (Wildman–Crippen LogP) is 7.03. The summed E-state index contributed by atoms with van der Waals surface area (Å²) < 4.78 is 11.4. The van der Waals surface area contributed by atoms with Crippen molar-refractivity contribution in [3.63, 3.8) is 0 Å². The van der Waals surface area contributed by atoms with E-state index in [9.17, 15) is 29.1 Å². The Bertz CT molecular complexity index is 2330. The van der Waals surface area contributed by atoms with Gasteiger partial charge in [0.25, 0.3) is 5.91 Å². The molecule has 0 aliphatic carbocycles. The number of aliphatic hydroxyl groups excluding tert-OH is 1. The number of halogens is 2. The maximum Gasteiger partial charge on any atom is 0.308 e. The third kappa shape index (κ3) is 11.8. The van der Waals surface area contributed by atoms with Crippen LogP contribution in [0, 0.1) is 0 Å². The Morgan fingerprint density at radius 2 is 1.43 bits per heavy atom. The molecule has 0 radical (unpaired) electrons. The number of carbonyl (C=O) groups excluding carboxylic acids is 5. The number of benzene rings is 4. The number of oxazole rings is 1. The third-order valence-corrected chi connectivity index (χ3v) is 10.4. The Labute approximate surface area is 364 Å². The van der Waals surface area contributed by atoms with Gasteiger partial charge in [-0.1, -0.05) is 102 Å². The number of aromatic nitrogens is 1. The quantitative estimate of drug-likeness (QED) is 0.0935. The fraction of sp³-hybridized carbons (Fsp3) is 0.304. The third-order valence-electron chi connectivity index (χ3n) is 9.80. The molecule has 3 N–H and O–H groups in total. The maximum absolute atomic E-state index is 14.6. The summed E-state index contributed by atoms with van der Waals surface area (Å²) >= 11 is 12.8. The molecule has 13 nitrogen and oxygen atoms in total.